The highest BCUT2D eigenvalue weighted by Crippen LogP contribution is 2.34. The van der Waals surface area contributed by atoms with Crippen molar-refractivity contribution in [2.24, 2.45) is 0 Å². The molecule has 0 aromatic rings. The Balaban J connectivity index is 2.17. The molecule has 96 valence electrons. The molecule has 1 aliphatic rings. The fourth-order valence-electron chi connectivity index (χ4n) is 2.00. The van der Waals surface area contributed by atoms with E-state index in [1.807, 2.05) is 20.8 Å². The second kappa shape index (κ2) is 5.48. The molecule has 0 radical (unpaired) electrons. The summed E-state index contributed by atoms with van der Waals surface area (Å²) in [5, 5.41) is 13.3. The average molecular weight is 229 g/mol. The number of ether oxygens (including phenoxy) is 1. The second-order valence-electron chi connectivity index (χ2n) is 5.95. The van der Waals surface area contributed by atoms with Crippen molar-refractivity contribution >= 4 is 0 Å². The molecule has 3 nitrogen and oxygen atoms in total. The largest absolute Gasteiger partial charge is 0.389 e. The minimum atomic E-state index is -0.400. The Morgan fingerprint density at radius 2 is 2.00 bits per heavy atom. The van der Waals surface area contributed by atoms with E-state index in [-0.39, 0.29) is 5.60 Å². The predicted molar refractivity (Wildman–Crippen MR) is 66.6 cm³/mol. The number of hydrogen-bond acceptors (Lipinski definition) is 3. The minimum absolute atomic E-state index is 0.167. The van der Waals surface area contributed by atoms with Gasteiger partial charge in [0.15, 0.2) is 0 Å². The lowest BCUT2D eigenvalue weighted by molar-refractivity contribution is -0.0506. The van der Waals surface area contributed by atoms with Crippen molar-refractivity contribution in [3.05, 3.63) is 0 Å². The minimum Gasteiger partial charge on any atom is -0.389 e. The number of aliphatic hydroxyl groups excluding tert-OH is 1. The monoisotopic (exact) mass is 229 g/mol. The van der Waals surface area contributed by atoms with Gasteiger partial charge in [-0.3, -0.25) is 0 Å². The smallest absolute Gasteiger partial charge is 0.0898 e. The lowest BCUT2D eigenvalue weighted by Crippen LogP contribution is -2.53. The van der Waals surface area contributed by atoms with Crippen molar-refractivity contribution in [2.75, 3.05) is 13.2 Å². The van der Waals surface area contributed by atoms with Crippen LogP contribution in [-0.4, -0.2) is 35.5 Å². The summed E-state index contributed by atoms with van der Waals surface area (Å²) in [4.78, 5) is 0. The van der Waals surface area contributed by atoms with Crippen LogP contribution in [0.3, 0.4) is 0 Å². The summed E-state index contributed by atoms with van der Waals surface area (Å²) in [5.74, 6) is 0. The Morgan fingerprint density at radius 3 is 2.38 bits per heavy atom. The number of nitrogens with one attached hydrogen (secondary N) is 1. The molecule has 0 aliphatic heterocycles. The molecule has 2 N–H and O–H groups in total. The molecule has 0 aromatic carbocycles. The summed E-state index contributed by atoms with van der Waals surface area (Å²) >= 11 is 0. The first kappa shape index (κ1) is 13.9. The van der Waals surface area contributed by atoms with Crippen LogP contribution >= 0.6 is 0 Å². The first-order chi connectivity index (χ1) is 7.37. The summed E-state index contributed by atoms with van der Waals surface area (Å²) in [7, 11) is 0. The fraction of sp³-hybridized carbons (Fsp3) is 1.00. The molecule has 0 aromatic heterocycles. The molecule has 1 atom stereocenters. The van der Waals surface area contributed by atoms with Gasteiger partial charge in [0.1, 0.15) is 0 Å². The molecule has 0 amide bonds. The van der Waals surface area contributed by atoms with E-state index in [9.17, 15) is 5.11 Å². The predicted octanol–water partition coefficient (Wildman–Crippen LogP) is 2.08. The van der Waals surface area contributed by atoms with Gasteiger partial charge in [0.25, 0.3) is 0 Å². The van der Waals surface area contributed by atoms with E-state index in [0.29, 0.717) is 18.7 Å². The van der Waals surface area contributed by atoms with Gasteiger partial charge in [-0.1, -0.05) is 6.92 Å². The standard InChI is InChI=1S/C13H27NO2/c1-5-13(7-6-8-13)14-9-11(15)10-16-12(2,3)4/h11,14-15H,5-10H2,1-4H3. The van der Waals surface area contributed by atoms with Gasteiger partial charge in [0, 0.05) is 12.1 Å². The molecule has 16 heavy (non-hydrogen) atoms. The zero-order valence-corrected chi connectivity index (χ0v) is 11.2. The zero-order valence-electron chi connectivity index (χ0n) is 11.2. The SMILES string of the molecule is CCC1(NCC(O)COC(C)(C)C)CCC1. The van der Waals surface area contributed by atoms with Crippen LogP contribution in [-0.2, 0) is 4.74 Å². The Labute approximate surface area is 99.6 Å². The molecule has 3 heteroatoms. The summed E-state index contributed by atoms with van der Waals surface area (Å²) in [6.45, 7) is 9.29. The first-order valence-corrected chi connectivity index (χ1v) is 6.44. The van der Waals surface area contributed by atoms with Crippen LogP contribution in [0.5, 0.6) is 0 Å². The molecule has 0 spiro atoms. The molecule has 0 saturated heterocycles. The maximum Gasteiger partial charge on any atom is 0.0898 e. The zero-order chi connectivity index (χ0) is 12.2. The van der Waals surface area contributed by atoms with Crippen LogP contribution in [0.15, 0.2) is 0 Å². The van der Waals surface area contributed by atoms with Gasteiger partial charge in [0.05, 0.1) is 18.3 Å². The van der Waals surface area contributed by atoms with Crippen molar-refractivity contribution < 1.29 is 9.84 Å². The van der Waals surface area contributed by atoms with E-state index in [0.717, 1.165) is 6.42 Å². The van der Waals surface area contributed by atoms with Gasteiger partial charge in [-0.25, -0.2) is 0 Å². The molecular weight excluding hydrogens is 202 g/mol. The summed E-state index contributed by atoms with van der Waals surface area (Å²) in [6.07, 6.45) is 4.56. The maximum atomic E-state index is 9.80. The van der Waals surface area contributed by atoms with E-state index >= 15 is 0 Å². The van der Waals surface area contributed by atoms with Crippen LogP contribution in [0.2, 0.25) is 0 Å². The van der Waals surface area contributed by atoms with Crippen molar-refractivity contribution in [2.45, 2.75) is 70.6 Å². The van der Waals surface area contributed by atoms with Crippen LogP contribution in [0.1, 0.15) is 53.4 Å². The Kier molecular flexibility index (Phi) is 4.77. The number of β-amino-alcohol motifs (C(OH)–C–C–N with tert-alkyl or cyclic N) is 1. The third kappa shape index (κ3) is 4.40. The van der Waals surface area contributed by atoms with Gasteiger partial charge in [-0.15, -0.1) is 0 Å². The normalized spacial score (nSPS) is 21.6. The van der Waals surface area contributed by atoms with Crippen molar-refractivity contribution in [1.82, 2.24) is 5.32 Å². The van der Waals surface area contributed by atoms with Gasteiger partial charge >= 0.3 is 0 Å². The highest BCUT2D eigenvalue weighted by molar-refractivity contribution is 4.95. The van der Waals surface area contributed by atoms with Crippen molar-refractivity contribution in [3.8, 4) is 0 Å². The van der Waals surface area contributed by atoms with Crippen LogP contribution in [0.25, 0.3) is 0 Å². The fourth-order valence-corrected chi connectivity index (χ4v) is 2.00. The molecule has 1 rings (SSSR count). The van der Waals surface area contributed by atoms with Crippen molar-refractivity contribution in [1.29, 1.82) is 0 Å². The lowest BCUT2D eigenvalue weighted by Gasteiger charge is -2.43. The molecule has 1 unspecified atom stereocenters. The number of aliphatic hydroxyl groups is 1. The third-order valence-corrected chi connectivity index (χ3v) is 3.41. The molecule has 0 bridgehead atoms. The van der Waals surface area contributed by atoms with E-state index in [1.54, 1.807) is 0 Å². The van der Waals surface area contributed by atoms with E-state index in [1.165, 1.54) is 19.3 Å². The summed E-state index contributed by atoms with van der Waals surface area (Å²) in [5.41, 5.74) is 0.141. The van der Waals surface area contributed by atoms with E-state index < -0.39 is 6.10 Å². The number of rotatable bonds is 6. The molecule has 1 saturated carbocycles. The third-order valence-electron chi connectivity index (χ3n) is 3.41. The Morgan fingerprint density at radius 1 is 1.38 bits per heavy atom. The molecule has 0 heterocycles. The van der Waals surface area contributed by atoms with Gasteiger partial charge in [-0.2, -0.15) is 0 Å². The molecule has 1 fully saturated rings. The maximum absolute atomic E-state index is 9.80. The van der Waals surface area contributed by atoms with Gasteiger partial charge in [-0.05, 0) is 46.5 Å². The van der Waals surface area contributed by atoms with Crippen LogP contribution < -0.4 is 5.32 Å². The number of hydrogen-bond donors (Lipinski definition) is 2. The molecule has 1 aliphatic carbocycles. The Bertz CT molecular complexity index is 201. The Hall–Kier alpha value is -0.120. The first-order valence-electron chi connectivity index (χ1n) is 6.44. The van der Waals surface area contributed by atoms with Crippen LogP contribution in [0.4, 0.5) is 0 Å². The topological polar surface area (TPSA) is 41.5 Å². The van der Waals surface area contributed by atoms with Crippen LogP contribution in [0, 0.1) is 0 Å². The lowest BCUT2D eigenvalue weighted by atomic mass is 9.75. The molecular formula is C13H27NO2. The average Bonchev–Trinajstić information content (AvgIpc) is 2.13. The van der Waals surface area contributed by atoms with E-state index in [2.05, 4.69) is 12.2 Å². The van der Waals surface area contributed by atoms with Crippen molar-refractivity contribution in [3.63, 3.8) is 0 Å². The van der Waals surface area contributed by atoms with Gasteiger partial charge in [0.2, 0.25) is 0 Å². The summed E-state index contributed by atoms with van der Waals surface area (Å²) < 4.78 is 5.55. The second-order valence-corrected chi connectivity index (χ2v) is 5.95. The summed E-state index contributed by atoms with van der Waals surface area (Å²) in [6, 6.07) is 0. The highest BCUT2D eigenvalue weighted by atomic mass is 16.5. The van der Waals surface area contributed by atoms with Gasteiger partial charge < -0.3 is 15.2 Å². The highest BCUT2D eigenvalue weighted by Gasteiger charge is 2.34. The quantitative estimate of drug-likeness (QED) is 0.733. The van der Waals surface area contributed by atoms with E-state index in [4.69, 9.17) is 4.74 Å².